The standard InChI is InChI=1S/C24H23F2N7/c1-13-20(26)14(6-8-28-13)21-22-23(32-31-21)30-19(10-29-22)33-9-7-15-17(11-33)24(15,12-27)16-4-2-3-5-18(16)25/h2-6,8,10,15,17H,7,9,11-12,27H2,1H3,(H,30,31,32)/t15-,17+,24-/m1/s1. The molecule has 3 N–H and O–H groups in total. The number of fused-ring (bicyclic) bond motifs is 2. The number of H-pyrrole nitrogens is 1. The average Bonchev–Trinajstić information content (AvgIpc) is 3.30. The Bertz CT molecular complexity index is 1370. The lowest BCUT2D eigenvalue weighted by atomic mass is 9.91. The fraction of sp³-hybridized carbons (Fsp3) is 0.333. The summed E-state index contributed by atoms with van der Waals surface area (Å²) in [6.45, 7) is 3.55. The summed E-state index contributed by atoms with van der Waals surface area (Å²) in [5.74, 6) is 0.733. The molecule has 1 aliphatic carbocycles. The molecule has 4 heterocycles. The SMILES string of the molecule is Cc1nccc(-c2[nH]nc3nc(N4CC[C@@H]5[C@H](C4)[C@@]5(CN)c4ccccc4F)cnc23)c1F. The van der Waals surface area contributed by atoms with Crippen molar-refractivity contribution in [2.24, 2.45) is 17.6 Å². The molecule has 3 atom stereocenters. The number of piperidine rings is 1. The van der Waals surface area contributed by atoms with Crippen molar-refractivity contribution in [2.75, 3.05) is 24.5 Å². The van der Waals surface area contributed by atoms with Crippen molar-refractivity contribution in [3.05, 3.63) is 65.6 Å². The van der Waals surface area contributed by atoms with Gasteiger partial charge in [-0.15, -0.1) is 0 Å². The summed E-state index contributed by atoms with van der Waals surface area (Å²) in [5.41, 5.74) is 8.69. The zero-order chi connectivity index (χ0) is 22.7. The third-order valence-corrected chi connectivity index (χ3v) is 7.45. The molecule has 33 heavy (non-hydrogen) atoms. The molecular weight excluding hydrogens is 424 g/mol. The van der Waals surface area contributed by atoms with Crippen LogP contribution < -0.4 is 10.6 Å². The van der Waals surface area contributed by atoms with E-state index in [0.717, 1.165) is 25.1 Å². The van der Waals surface area contributed by atoms with Crippen molar-refractivity contribution < 1.29 is 8.78 Å². The molecule has 1 saturated heterocycles. The number of aryl methyl sites for hydroxylation is 1. The number of hydrogen-bond donors (Lipinski definition) is 2. The van der Waals surface area contributed by atoms with Crippen LogP contribution in [0.25, 0.3) is 22.4 Å². The van der Waals surface area contributed by atoms with E-state index in [4.69, 9.17) is 10.7 Å². The van der Waals surface area contributed by atoms with Gasteiger partial charge >= 0.3 is 0 Å². The first-order valence-corrected chi connectivity index (χ1v) is 11.1. The second-order valence-corrected chi connectivity index (χ2v) is 8.93. The van der Waals surface area contributed by atoms with Crippen molar-refractivity contribution in [3.63, 3.8) is 0 Å². The highest BCUT2D eigenvalue weighted by Gasteiger charge is 2.66. The summed E-state index contributed by atoms with van der Waals surface area (Å²) in [4.78, 5) is 15.4. The topological polar surface area (TPSA) is 96.6 Å². The number of nitrogens with zero attached hydrogens (tertiary/aromatic N) is 5. The van der Waals surface area contributed by atoms with E-state index in [0.29, 0.717) is 46.4 Å². The Balaban J connectivity index is 1.30. The van der Waals surface area contributed by atoms with E-state index in [1.165, 1.54) is 6.07 Å². The summed E-state index contributed by atoms with van der Waals surface area (Å²) in [7, 11) is 0. The van der Waals surface area contributed by atoms with Gasteiger partial charge < -0.3 is 10.6 Å². The molecule has 3 aromatic heterocycles. The summed E-state index contributed by atoms with van der Waals surface area (Å²) in [6, 6.07) is 8.55. The molecule has 4 aromatic rings. The fourth-order valence-electron chi connectivity index (χ4n) is 5.70. The molecule has 1 aromatic carbocycles. The van der Waals surface area contributed by atoms with Crippen LogP contribution in [-0.2, 0) is 5.41 Å². The van der Waals surface area contributed by atoms with E-state index in [-0.39, 0.29) is 17.2 Å². The maximum atomic E-state index is 14.6. The van der Waals surface area contributed by atoms with Crippen LogP contribution in [0.3, 0.4) is 0 Å². The summed E-state index contributed by atoms with van der Waals surface area (Å²) in [6.07, 6.45) is 4.16. The number of nitrogens with two attached hydrogens (primary N) is 1. The van der Waals surface area contributed by atoms with E-state index in [2.05, 4.69) is 25.1 Å². The monoisotopic (exact) mass is 447 g/mol. The predicted molar refractivity (Wildman–Crippen MR) is 121 cm³/mol. The number of aromatic amines is 1. The largest absolute Gasteiger partial charge is 0.355 e. The number of halogens is 2. The van der Waals surface area contributed by atoms with Crippen molar-refractivity contribution >= 4 is 17.0 Å². The lowest BCUT2D eigenvalue weighted by molar-refractivity contribution is 0.533. The lowest BCUT2D eigenvalue weighted by Gasteiger charge is -2.26. The minimum absolute atomic E-state index is 0.187. The molecule has 1 saturated carbocycles. The van der Waals surface area contributed by atoms with E-state index in [1.807, 2.05) is 12.1 Å². The molecule has 2 fully saturated rings. The first-order chi connectivity index (χ1) is 16.0. The molecule has 9 heteroatoms. The predicted octanol–water partition coefficient (Wildman–Crippen LogP) is 3.35. The molecule has 7 nitrogen and oxygen atoms in total. The van der Waals surface area contributed by atoms with E-state index < -0.39 is 5.82 Å². The van der Waals surface area contributed by atoms with Crippen LogP contribution in [-0.4, -0.2) is 44.8 Å². The molecule has 0 bridgehead atoms. The number of nitrogens with one attached hydrogen (secondary N) is 1. The number of anilines is 1. The van der Waals surface area contributed by atoms with Crippen molar-refractivity contribution in [2.45, 2.75) is 18.8 Å². The quantitative estimate of drug-likeness (QED) is 0.498. The molecule has 0 spiro atoms. The van der Waals surface area contributed by atoms with Crippen LogP contribution in [0.1, 0.15) is 17.7 Å². The third kappa shape index (κ3) is 2.88. The van der Waals surface area contributed by atoms with Crippen molar-refractivity contribution in [3.8, 4) is 11.3 Å². The Hall–Kier alpha value is -3.46. The highest BCUT2D eigenvalue weighted by Crippen LogP contribution is 2.63. The van der Waals surface area contributed by atoms with Crippen LogP contribution in [0.15, 0.2) is 42.7 Å². The minimum atomic E-state index is -0.406. The second-order valence-electron chi connectivity index (χ2n) is 8.93. The Morgan fingerprint density at radius 3 is 2.85 bits per heavy atom. The zero-order valence-corrected chi connectivity index (χ0v) is 18.1. The van der Waals surface area contributed by atoms with E-state index in [9.17, 15) is 8.78 Å². The van der Waals surface area contributed by atoms with Crippen molar-refractivity contribution in [1.29, 1.82) is 0 Å². The lowest BCUT2D eigenvalue weighted by Crippen LogP contribution is -2.32. The van der Waals surface area contributed by atoms with Crippen LogP contribution >= 0.6 is 0 Å². The van der Waals surface area contributed by atoms with Crippen LogP contribution in [0.5, 0.6) is 0 Å². The number of hydrogen-bond acceptors (Lipinski definition) is 6. The van der Waals surface area contributed by atoms with Gasteiger partial charge in [-0.05, 0) is 42.9 Å². The molecule has 1 aliphatic heterocycles. The first-order valence-electron chi connectivity index (χ1n) is 11.1. The highest BCUT2D eigenvalue weighted by molar-refractivity contribution is 5.88. The number of benzene rings is 1. The van der Waals surface area contributed by atoms with Gasteiger partial charge in [0, 0.05) is 36.8 Å². The average molecular weight is 447 g/mol. The molecule has 6 rings (SSSR count). The van der Waals surface area contributed by atoms with Gasteiger partial charge in [-0.1, -0.05) is 18.2 Å². The van der Waals surface area contributed by atoms with Gasteiger partial charge in [0.1, 0.15) is 17.2 Å². The zero-order valence-electron chi connectivity index (χ0n) is 18.1. The van der Waals surface area contributed by atoms with Crippen LogP contribution in [0.2, 0.25) is 0 Å². The molecule has 168 valence electrons. The maximum absolute atomic E-state index is 14.6. The molecule has 0 radical (unpaired) electrons. The summed E-state index contributed by atoms with van der Waals surface area (Å²) >= 11 is 0. The Morgan fingerprint density at radius 1 is 1.18 bits per heavy atom. The molecular formula is C24H23F2N7. The summed E-state index contributed by atoms with van der Waals surface area (Å²) in [5, 5.41) is 7.15. The second kappa shape index (κ2) is 7.28. The third-order valence-electron chi connectivity index (χ3n) is 7.45. The Labute approximate surface area is 189 Å². The Morgan fingerprint density at radius 2 is 2.03 bits per heavy atom. The normalized spacial score (nSPS) is 24.2. The number of rotatable bonds is 4. The maximum Gasteiger partial charge on any atom is 0.202 e. The highest BCUT2D eigenvalue weighted by atomic mass is 19.1. The van der Waals surface area contributed by atoms with Gasteiger partial charge in [0.25, 0.3) is 0 Å². The first kappa shape index (κ1) is 20.2. The van der Waals surface area contributed by atoms with Gasteiger partial charge in [-0.3, -0.25) is 10.1 Å². The summed E-state index contributed by atoms with van der Waals surface area (Å²) < 4.78 is 29.2. The van der Waals surface area contributed by atoms with E-state index >= 15 is 0 Å². The van der Waals surface area contributed by atoms with E-state index in [1.54, 1.807) is 31.5 Å². The van der Waals surface area contributed by atoms with Gasteiger partial charge in [0.15, 0.2) is 5.82 Å². The van der Waals surface area contributed by atoms with Crippen molar-refractivity contribution in [1.82, 2.24) is 25.1 Å². The van der Waals surface area contributed by atoms with Gasteiger partial charge in [-0.25, -0.2) is 18.7 Å². The molecule has 2 aliphatic rings. The molecule has 0 amide bonds. The van der Waals surface area contributed by atoms with Crippen LogP contribution in [0, 0.1) is 30.4 Å². The fourth-order valence-corrected chi connectivity index (χ4v) is 5.70. The van der Waals surface area contributed by atoms with Gasteiger partial charge in [-0.2, -0.15) is 5.10 Å². The molecule has 0 unspecified atom stereocenters. The van der Waals surface area contributed by atoms with Gasteiger partial charge in [0.05, 0.1) is 17.6 Å². The van der Waals surface area contributed by atoms with Crippen LogP contribution in [0.4, 0.5) is 14.6 Å². The Kier molecular flexibility index (Phi) is 4.45. The number of aromatic nitrogens is 5. The smallest absolute Gasteiger partial charge is 0.202 e. The van der Waals surface area contributed by atoms with Gasteiger partial charge in [0.2, 0.25) is 5.65 Å². The minimum Gasteiger partial charge on any atom is -0.355 e. The number of pyridine rings is 1.